The molecular formula is C20H24N2O. The number of nitrogens with one attached hydrogen (secondary N) is 1. The Bertz CT molecular complexity index is 681. The van der Waals surface area contributed by atoms with Gasteiger partial charge in [0, 0.05) is 18.8 Å². The minimum absolute atomic E-state index is 0.0821. The minimum Gasteiger partial charge on any atom is -0.326 e. The molecule has 3 heteroatoms. The predicted octanol–water partition coefficient (Wildman–Crippen LogP) is 3.76. The number of carbonyl (C=O) groups excluding carboxylic acids is 1. The number of benzene rings is 2. The number of nitrogens with zero attached hydrogens (tertiary/aromatic N) is 1. The number of hydrogen-bond donors (Lipinski definition) is 1. The van der Waals surface area contributed by atoms with Crippen molar-refractivity contribution in [2.24, 2.45) is 5.92 Å². The van der Waals surface area contributed by atoms with Gasteiger partial charge in [-0.05, 0) is 49.6 Å². The van der Waals surface area contributed by atoms with E-state index in [1.807, 2.05) is 18.2 Å². The second-order valence-electron chi connectivity index (χ2n) is 6.44. The molecule has 3 nitrogen and oxygen atoms in total. The number of amides is 1. The standard InChI is InChI=1S/C20H24N2O/c1-15-7-6-10-19(16(15)2)21-20(23)18-11-12-22(14-18)13-17-8-4-3-5-9-17/h3-10,18H,11-14H2,1-2H3,(H,21,23). The first kappa shape index (κ1) is 15.8. The summed E-state index contributed by atoms with van der Waals surface area (Å²) >= 11 is 0. The summed E-state index contributed by atoms with van der Waals surface area (Å²) in [5.74, 6) is 0.230. The molecule has 2 aromatic carbocycles. The highest BCUT2D eigenvalue weighted by Crippen LogP contribution is 2.23. The SMILES string of the molecule is Cc1cccc(NC(=O)C2CCN(Cc3ccccc3)C2)c1C. The van der Waals surface area contributed by atoms with Crippen molar-refractivity contribution in [1.82, 2.24) is 4.90 Å². The molecule has 1 saturated heterocycles. The lowest BCUT2D eigenvalue weighted by atomic mass is 10.1. The molecule has 0 radical (unpaired) electrons. The number of likely N-dealkylation sites (tertiary alicyclic amines) is 1. The van der Waals surface area contributed by atoms with E-state index in [1.165, 1.54) is 11.1 Å². The average Bonchev–Trinajstić information content (AvgIpc) is 3.01. The van der Waals surface area contributed by atoms with Gasteiger partial charge in [0.25, 0.3) is 0 Å². The molecule has 1 N–H and O–H groups in total. The van der Waals surface area contributed by atoms with Crippen molar-refractivity contribution in [3.05, 3.63) is 65.2 Å². The van der Waals surface area contributed by atoms with Gasteiger partial charge in [-0.15, -0.1) is 0 Å². The molecule has 0 spiro atoms. The van der Waals surface area contributed by atoms with Crippen LogP contribution >= 0.6 is 0 Å². The number of aryl methyl sites for hydroxylation is 1. The van der Waals surface area contributed by atoms with E-state index in [1.54, 1.807) is 0 Å². The average molecular weight is 308 g/mol. The molecule has 1 heterocycles. The van der Waals surface area contributed by atoms with Gasteiger partial charge >= 0.3 is 0 Å². The van der Waals surface area contributed by atoms with Crippen LogP contribution in [0.5, 0.6) is 0 Å². The summed E-state index contributed by atoms with van der Waals surface area (Å²) in [6, 6.07) is 16.5. The Labute approximate surface area is 138 Å². The van der Waals surface area contributed by atoms with Gasteiger partial charge in [0.1, 0.15) is 0 Å². The maximum Gasteiger partial charge on any atom is 0.228 e. The Kier molecular flexibility index (Phi) is 4.77. The van der Waals surface area contributed by atoms with Crippen LogP contribution in [0.2, 0.25) is 0 Å². The largest absolute Gasteiger partial charge is 0.326 e. The van der Waals surface area contributed by atoms with Gasteiger partial charge < -0.3 is 5.32 Å². The molecule has 1 fully saturated rings. The van der Waals surface area contributed by atoms with Crippen LogP contribution in [0.15, 0.2) is 48.5 Å². The molecule has 1 amide bonds. The summed E-state index contributed by atoms with van der Waals surface area (Å²) in [6.07, 6.45) is 0.934. The van der Waals surface area contributed by atoms with Gasteiger partial charge in [-0.3, -0.25) is 9.69 Å². The van der Waals surface area contributed by atoms with Crippen LogP contribution in [0, 0.1) is 19.8 Å². The summed E-state index contributed by atoms with van der Waals surface area (Å²) in [5, 5.41) is 3.11. The van der Waals surface area contributed by atoms with E-state index in [0.29, 0.717) is 0 Å². The van der Waals surface area contributed by atoms with Crippen molar-refractivity contribution in [3.63, 3.8) is 0 Å². The zero-order chi connectivity index (χ0) is 16.2. The first-order chi connectivity index (χ1) is 11.1. The van der Waals surface area contributed by atoms with Crippen molar-refractivity contribution < 1.29 is 4.79 Å². The first-order valence-corrected chi connectivity index (χ1v) is 8.27. The second-order valence-corrected chi connectivity index (χ2v) is 6.44. The van der Waals surface area contributed by atoms with Crippen LogP contribution in [0.3, 0.4) is 0 Å². The lowest BCUT2D eigenvalue weighted by molar-refractivity contribution is -0.119. The first-order valence-electron chi connectivity index (χ1n) is 8.27. The fraction of sp³-hybridized carbons (Fsp3) is 0.350. The van der Waals surface area contributed by atoms with E-state index in [2.05, 4.69) is 54.4 Å². The molecule has 0 aliphatic carbocycles. The second kappa shape index (κ2) is 6.97. The third kappa shape index (κ3) is 3.80. The molecule has 23 heavy (non-hydrogen) atoms. The fourth-order valence-corrected chi connectivity index (χ4v) is 3.15. The highest BCUT2D eigenvalue weighted by Gasteiger charge is 2.28. The molecule has 1 aliphatic rings. The van der Waals surface area contributed by atoms with Crippen LogP contribution in [0.25, 0.3) is 0 Å². The summed E-state index contributed by atoms with van der Waals surface area (Å²) in [5.41, 5.74) is 4.61. The van der Waals surface area contributed by atoms with E-state index >= 15 is 0 Å². The fourth-order valence-electron chi connectivity index (χ4n) is 3.15. The maximum atomic E-state index is 12.5. The normalized spacial score (nSPS) is 18.1. The maximum absolute atomic E-state index is 12.5. The van der Waals surface area contributed by atoms with Crippen LogP contribution in [-0.2, 0) is 11.3 Å². The summed E-state index contributed by atoms with van der Waals surface area (Å²) in [7, 11) is 0. The highest BCUT2D eigenvalue weighted by atomic mass is 16.1. The Morgan fingerprint density at radius 2 is 1.91 bits per heavy atom. The lowest BCUT2D eigenvalue weighted by Gasteiger charge is -2.17. The number of anilines is 1. The predicted molar refractivity (Wildman–Crippen MR) is 94.4 cm³/mol. The van der Waals surface area contributed by atoms with Crippen molar-refractivity contribution in [2.45, 2.75) is 26.8 Å². The summed E-state index contributed by atoms with van der Waals surface area (Å²) in [6.45, 7) is 6.88. The van der Waals surface area contributed by atoms with Gasteiger partial charge in [-0.1, -0.05) is 42.5 Å². The van der Waals surface area contributed by atoms with E-state index < -0.39 is 0 Å². The summed E-state index contributed by atoms with van der Waals surface area (Å²) in [4.78, 5) is 14.9. The Balaban J connectivity index is 1.58. The van der Waals surface area contributed by atoms with Crippen LogP contribution in [-0.4, -0.2) is 23.9 Å². The number of hydrogen-bond acceptors (Lipinski definition) is 2. The Morgan fingerprint density at radius 3 is 2.70 bits per heavy atom. The molecule has 120 valence electrons. The minimum atomic E-state index is 0.0821. The highest BCUT2D eigenvalue weighted by molar-refractivity contribution is 5.93. The quantitative estimate of drug-likeness (QED) is 0.932. The third-order valence-corrected chi connectivity index (χ3v) is 4.75. The molecule has 1 unspecified atom stereocenters. The molecule has 3 rings (SSSR count). The summed E-state index contributed by atoms with van der Waals surface area (Å²) < 4.78 is 0. The van der Waals surface area contributed by atoms with Gasteiger partial charge in [0.15, 0.2) is 0 Å². The van der Waals surface area contributed by atoms with Gasteiger partial charge in [0.2, 0.25) is 5.91 Å². The zero-order valence-electron chi connectivity index (χ0n) is 13.9. The van der Waals surface area contributed by atoms with Crippen molar-refractivity contribution in [3.8, 4) is 0 Å². The Morgan fingerprint density at radius 1 is 1.13 bits per heavy atom. The van der Waals surface area contributed by atoms with Crippen LogP contribution in [0.1, 0.15) is 23.1 Å². The molecular weight excluding hydrogens is 284 g/mol. The van der Waals surface area contributed by atoms with Crippen molar-refractivity contribution in [2.75, 3.05) is 18.4 Å². The number of rotatable bonds is 4. The van der Waals surface area contributed by atoms with E-state index in [0.717, 1.165) is 37.3 Å². The zero-order valence-corrected chi connectivity index (χ0v) is 13.9. The van der Waals surface area contributed by atoms with Crippen LogP contribution < -0.4 is 5.32 Å². The Hall–Kier alpha value is -2.13. The molecule has 1 aliphatic heterocycles. The van der Waals surface area contributed by atoms with Gasteiger partial charge in [-0.25, -0.2) is 0 Å². The van der Waals surface area contributed by atoms with Crippen LogP contribution in [0.4, 0.5) is 5.69 Å². The molecule has 0 aromatic heterocycles. The molecule has 2 aromatic rings. The molecule has 0 saturated carbocycles. The number of carbonyl (C=O) groups is 1. The topological polar surface area (TPSA) is 32.3 Å². The van der Waals surface area contributed by atoms with E-state index in [-0.39, 0.29) is 11.8 Å². The third-order valence-electron chi connectivity index (χ3n) is 4.75. The van der Waals surface area contributed by atoms with E-state index in [4.69, 9.17) is 0 Å². The molecule has 1 atom stereocenters. The smallest absolute Gasteiger partial charge is 0.228 e. The van der Waals surface area contributed by atoms with Crippen molar-refractivity contribution >= 4 is 11.6 Å². The van der Waals surface area contributed by atoms with Crippen molar-refractivity contribution in [1.29, 1.82) is 0 Å². The molecule has 0 bridgehead atoms. The van der Waals surface area contributed by atoms with E-state index in [9.17, 15) is 4.79 Å². The van der Waals surface area contributed by atoms with Gasteiger partial charge in [0.05, 0.1) is 5.92 Å². The van der Waals surface area contributed by atoms with Gasteiger partial charge in [-0.2, -0.15) is 0 Å². The monoisotopic (exact) mass is 308 g/mol. The lowest BCUT2D eigenvalue weighted by Crippen LogP contribution is -2.27.